The molecule has 2 N–H and O–H groups in total. The first-order valence-electron chi connectivity index (χ1n) is 6.85. The Morgan fingerprint density at radius 3 is 2.53 bits per heavy atom. The van der Waals surface area contributed by atoms with E-state index in [1.807, 2.05) is 45.9 Å². The Hall–Kier alpha value is -1.35. The normalized spacial score (nSPS) is 15.7. The van der Waals surface area contributed by atoms with Gasteiger partial charge in [-0.15, -0.1) is 0 Å². The molecule has 0 heterocycles. The van der Waals surface area contributed by atoms with E-state index in [0.29, 0.717) is 5.56 Å². The fourth-order valence-electron chi connectivity index (χ4n) is 1.86. The predicted molar refractivity (Wildman–Crippen MR) is 78.3 cm³/mol. The van der Waals surface area contributed by atoms with Crippen LogP contribution in [0.3, 0.4) is 0 Å². The average molecular weight is 263 g/mol. The zero-order valence-electron chi connectivity index (χ0n) is 12.6. The molecule has 0 aliphatic carbocycles. The van der Waals surface area contributed by atoms with E-state index in [4.69, 9.17) is 0 Å². The number of amides is 1. The number of hydrogen-bond acceptors (Lipinski definition) is 2. The van der Waals surface area contributed by atoms with Crippen LogP contribution >= 0.6 is 0 Å². The van der Waals surface area contributed by atoms with Gasteiger partial charge >= 0.3 is 0 Å². The third-order valence-electron chi connectivity index (χ3n) is 4.05. The maximum Gasteiger partial charge on any atom is 0.251 e. The van der Waals surface area contributed by atoms with E-state index in [9.17, 15) is 9.90 Å². The minimum Gasteiger partial charge on any atom is -0.388 e. The first kappa shape index (κ1) is 15.7. The summed E-state index contributed by atoms with van der Waals surface area (Å²) in [5.41, 5.74) is 2.04. The summed E-state index contributed by atoms with van der Waals surface area (Å²) in [5, 5.41) is 13.1. The third kappa shape index (κ3) is 4.06. The Morgan fingerprint density at radius 1 is 1.37 bits per heavy atom. The maximum atomic E-state index is 12.0. The largest absolute Gasteiger partial charge is 0.388 e. The summed E-state index contributed by atoms with van der Waals surface area (Å²) in [6.07, 6.45) is 0.881. The minimum absolute atomic E-state index is 0.133. The number of aliphatic hydroxyl groups is 1. The Balaban J connectivity index is 2.68. The zero-order valence-corrected chi connectivity index (χ0v) is 12.6. The van der Waals surface area contributed by atoms with Gasteiger partial charge in [0, 0.05) is 12.1 Å². The molecule has 106 valence electrons. The van der Waals surface area contributed by atoms with Gasteiger partial charge in [0.1, 0.15) is 0 Å². The van der Waals surface area contributed by atoms with Crippen LogP contribution in [0.1, 0.15) is 48.7 Å². The predicted octanol–water partition coefficient (Wildman–Crippen LogP) is 2.83. The number of carbonyl (C=O) groups excluding carboxylic acids is 1. The highest BCUT2D eigenvalue weighted by Crippen LogP contribution is 2.19. The third-order valence-corrected chi connectivity index (χ3v) is 4.05. The van der Waals surface area contributed by atoms with Crippen LogP contribution in [-0.2, 0) is 0 Å². The molecule has 0 fully saturated rings. The van der Waals surface area contributed by atoms with Crippen molar-refractivity contribution in [3.63, 3.8) is 0 Å². The van der Waals surface area contributed by atoms with E-state index in [-0.39, 0.29) is 18.4 Å². The van der Waals surface area contributed by atoms with Crippen LogP contribution in [0, 0.1) is 19.8 Å². The number of benzene rings is 1. The molecular weight excluding hydrogens is 238 g/mol. The van der Waals surface area contributed by atoms with Gasteiger partial charge < -0.3 is 10.4 Å². The smallest absolute Gasteiger partial charge is 0.251 e. The fraction of sp³-hybridized carbons (Fsp3) is 0.562. The Bertz CT molecular complexity index is 452. The van der Waals surface area contributed by atoms with Crippen LogP contribution < -0.4 is 5.32 Å². The summed E-state index contributed by atoms with van der Waals surface area (Å²) in [4.78, 5) is 12.0. The molecule has 0 aliphatic rings. The van der Waals surface area contributed by atoms with E-state index < -0.39 is 5.60 Å². The van der Waals surface area contributed by atoms with Crippen LogP contribution in [0.4, 0.5) is 0 Å². The summed E-state index contributed by atoms with van der Waals surface area (Å²) < 4.78 is 0. The lowest BCUT2D eigenvalue weighted by molar-refractivity contribution is 0.00592. The van der Waals surface area contributed by atoms with Gasteiger partial charge in [0.05, 0.1) is 5.60 Å². The molecule has 3 nitrogen and oxygen atoms in total. The zero-order chi connectivity index (χ0) is 14.6. The van der Waals surface area contributed by atoms with Gasteiger partial charge in [-0.05, 0) is 49.9 Å². The van der Waals surface area contributed by atoms with Crippen molar-refractivity contribution in [3.8, 4) is 0 Å². The molecule has 1 amide bonds. The molecule has 0 saturated carbocycles. The maximum absolute atomic E-state index is 12.0. The van der Waals surface area contributed by atoms with Gasteiger partial charge in [-0.25, -0.2) is 0 Å². The Kier molecular flexibility index (Phi) is 5.12. The highest BCUT2D eigenvalue weighted by atomic mass is 16.3. The lowest BCUT2D eigenvalue weighted by Crippen LogP contribution is -2.45. The molecule has 1 aromatic rings. The van der Waals surface area contributed by atoms with Crippen LogP contribution in [0.15, 0.2) is 18.2 Å². The summed E-state index contributed by atoms with van der Waals surface area (Å²) in [7, 11) is 0. The van der Waals surface area contributed by atoms with E-state index in [1.165, 1.54) is 5.56 Å². The Morgan fingerprint density at radius 2 is 2.00 bits per heavy atom. The molecular formula is C16H25NO2. The molecule has 3 heteroatoms. The minimum atomic E-state index is -0.871. The molecule has 1 rings (SSSR count). The molecule has 0 saturated heterocycles. The molecule has 0 radical (unpaired) electrons. The number of rotatable bonds is 5. The molecule has 19 heavy (non-hydrogen) atoms. The summed E-state index contributed by atoms with van der Waals surface area (Å²) in [6, 6.07) is 5.63. The standard InChI is InChI=1S/C16H25NO2/c1-6-13(4)16(5,19)10-17-15(18)14-8-7-11(2)12(3)9-14/h7-9,13,19H,6,10H2,1-5H3,(H,17,18). The van der Waals surface area contributed by atoms with E-state index in [2.05, 4.69) is 5.32 Å². The molecule has 2 atom stereocenters. The highest BCUT2D eigenvalue weighted by Gasteiger charge is 2.27. The van der Waals surface area contributed by atoms with Crippen molar-refractivity contribution in [2.45, 2.75) is 46.6 Å². The molecule has 0 aromatic heterocycles. The lowest BCUT2D eigenvalue weighted by atomic mass is 9.88. The number of hydrogen-bond donors (Lipinski definition) is 2. The molecule has 0 aliphatic heterocycles. The van der Waals surface area contributed by atoms with E-state index in [1.54, 1.807) is 6.92 Å². The van der Waals surface area contributed by atoms with Crippen molar-refractivity contribution in [2.75, 3.05) is 6.54 Å². The van der Waals surface area contributed by atoms with Gasteiger partial charge in [-0.1, -0.05) is 26.3 Å². The van der Waals surface area contributed by atoms with Crippen molar-refractivity contribution in [2.24, 2.45) is 5.92 Å². The quantitative estimate of drug-likeness (QED) is 0.858. The van der Waals surface area contributed by atoms with Crippen LogP contribution in [0.2, 0.25) is 0 Å². The van der Waals surface area contributed by atoms with E-state index in [0.717, 1.165) is 12.0 Å². The number of nitrogens with one attached hydrogen (secondary N) is 1. The van der Waals surface area contributed by atoms with Crippen LogP contribution in [0.5, 0.6) is 0 Å². The first-order chi connectivity index (χ1) is 8.77. The SMILES string of the molecule is CCC(C)C(C)(O)CNC(=O)c1ccc(C)c(C)c1. The van der Waals surface area contributed by atoms with Crippen LogP contribution in [-0.4, -0.2) is 23.2 Å². The molecule has 1 aromatic carbocycles. The number of aryl methyl sites for hydroxylation is 2. The Labute approximate surface area is 116 Å². The van der Waals surface area contributed by atoms with Crippen molar-refractivity contribution in [3.05, 3.63) is 34.9 Å². The van der Waals surface area contributed by atoms with Crippen molar-refractivity contribution < 1.29 is 9.90 Å². The monoisotopic (exact) mass is 263 g/mol. The van der Waals surface area contributed by atoms with E-state index >= 15 is 0 Å². The first-order valence-corrected chi connectivity index (χ1v) is 6.85. The number of carbonyl (C=O) groups is 1. The molecule has 0 spiro atoms. The molecule has 0 bridgehead atoms. The van der Waals surface area contributed by atoms with Crippen molar-refractivity contribution in [1.29, 1.82) is 0 Å². The molecule has 2 unspecified atom stereocenters. The van der Waals surface area contributed by atoms with Gasteiger partial charge in [-0.3, -0.25) is 4.79 Å². The summed E-state index contributed by atoms with van der Waals surface area (Å²) in [5.74, 6) is 0.0132. The second-order valence-electron chi connectivity index (χ2n) is 5.65. The summed E-state index contributed by atoms with van der Waals surface area (Å²) in [6.45, 7) is 10.1. The van der Waals surface area contributed by atoms with Gasteiger partial charge in [0.2, 0.25) is 0 Å². The van der Waals surface area contributed by atoms with Crippen molar-refractivity contribution in [1.82, 2.24) is 5.32 Å². The van der Waals surface area contributed by atoms with Crippen molar-refractivity contribution >= 4 is 5.91 Å². The average Bonchev–Trinajstić information content (AvgIpc) is 2.38. The van der Waals surface area contributed by atoms with Gasteiger partial charge in [-0.2, -0.15) is 0 Å². The summed E-state index contributed by atoms with van der Waals surface area (Å²) >= 11 is 0. The van der Waals surface area contributed by atoms with Crippen LogP contribution in [0.25, 0.3) is 0 Å². The van der Waals surface area contributed by atoms with Gasteiger partial charge in [0.15, 0.2) is 0 Å². The lowest BCUT2D eigenvalue weighted by Gasteiger charge is -2.29. The fourth-order valence-corrected chi connectivity index (χ4v) is 1.86. The topological polar surface area (TPSA) is 49.3 Å². The highest BCUT2D eigenvalue weighted by molar-refractivity contribution is 5.94. The van der Waals surface area contributed by atoms with Gasteiger partial charge in [0.25, 0.3) is 5.91 Å². The second kappa shape index (κ2) is 6.20. The second-order valence-corrected chi connectivity index (χ2v) is 5.65.